The van der Waals surface area contributed by atoms with E-state index in [4.69, 9.17) is 0 Å². The van der Waals surface area contributed by atoms with Crippen molar-refractivity contribution in [1.82, 2.24) is 0 Å². The molecule has 1 aliphatic carbocycles. The summed E-state index contributed by atoms with van der Waals surface area (Å²) in [6.45, 7) is 0. The van der Waals surface area contributed by atoms with Gasteiger partial charge in [0.25, 0.3) is 0 Å². The Balaban J connectivity index is 2.38. The number of rotatable bonds is 0. The minimum Gasteiger partial charge on any atom is -0.393 e. The standard InChI is InChI=1S/C9H14O/c10-9-7-5-3-1-2-4-6-8-9/h1,5,9-10H,2,4,6-8H2. The summed E-state index contributed by atoms with van der Waals surface area (Å²) < 4.78 is 0. The number of aliphatic hydroxyl groups excluding tert-OH is 1. The molecule has 0 spiro atoms. The Morgan fingerprint density at radius 1 is 1.30 bits per heavy atom. The molecule has 0 saturated heterocycles. The molecule has 0 amide bonds. The lowest BCUT2D eigenvalue weighted by atomic mass is 10.1. The van der Waals surface area contributed by atoms with E-state index in [1.165, 1.54) is 6.42 Å². The van der Waals surface area contributed by atoms with Gasteiger partial charge < -0.3 is 5.11 Å². The van der Waals surface area contributed by atoms with Crippen molar-refractivity contribution in [1.29, 1.82) is 0 Å². The van der Waals surface area contributed by atoms with Gasteiger partial charge in [0.05, 0.1) is 6.10 Å². The van der Waals surface area contributed by atoms with Gasteiger partial charge in [-0.05, 0) is 37.8 Å². The highest BCUT2D eigenvalue weighted by Crippen LogP contribution is 2.08. The van der Waals surface area contributed by atoms with Crippen molar-refractivity contribution in [3.63, 3.8) is 0 Å². The molecular weight excluding hydrogens is 124 g/mol. The average Bonchev–Trinajstić information content (AvgIpc) is 2.02. The highest BCUT2D eigenvalue weighted by atomic mass is 16.3. The Labute approximate surface area is 62.1 Å². The zero-order valence-corrected chi connectivity index (χ0v) is 6.21. The summed E-state index contributed by atoms with van der Waals surface area (Å²) in [6.07, 6.45) is 9.03. The second-order valence-electron chi connectivity index (χ2n) is 2.75. The third-order valence-corrected chi connectivity index (χ3v) is 1.76. The van der Waals surface area contributed by atoms with Crippen molar-refractivity contribution >= 4 is 0 Å². The quantitative estimate of drug-likeness (QED) is 0.508. The van der Waals surface area contributed by atoms with Crippen LogP contribution in [0.1, 0.15) is 32.1 Å². The molecule has 0 saturated carbocycles. The molecule has 0 aromatic heterocycles. The maximum absolute atomic E-state index is 9.25. The van der Waals surface area contributed by atoms with Gasteiger partial charge in [-0.15, -0.1) is 5.73 Å². The zero-order valence-electron chi connectivity index (χ0n) is 6.21. The molecule has 0 aliphatic heterocycles. The molecule has 0 aromatic carbocycles. The smallest absolute Gasteiger partial charge is 0.0580 e. The number of hydrogen-bond acceptors (Lipinski definition) is 1. The monoisotopic (exact) mass is 138 g/mol. The molecule has 1 atom stereocenters. The molecule has 0 fully saturated rings. The van der Waals surface area contributed by atoms with Crippen LogP contribution in [0.25, 0.3) is 0 Å². The number of hydrogen-bond donors (Lipinski definition) is 1. The van der Waals surface area contributed by atoms with Crippen LogP contribution < -0.4 is 0 Å². The van der Waals surface area contributed by atoms with Crippen LogP contribution in [0.5, 0.6) is 0 Å². The molecule has 1 aliphatic rings. The van der Waals surface area contributed by atoms with Crippen molar-refractivity contribution < 1.29 is 5.11 Å². The first kappa shape index (κ1) is 7.59. The Bertz CT molecular complexity index is 143. The fraction of sp³-hybridized carbons (Fsp3) is 0.667. The van der Waals surface area contributed by atoms with E-state index in [0.29, 0.717) is 0 Å². The fourth-order valence-electron chi connectivity index (χ4n) is 1.11. The Kier molecular flexibility index (Phi) is 3.28. The van der Waals surface area contributed by atoms with E-state index in [1.807, 2.05) is 6.08 Å². The van der Waals surface area contributed by atoms with Gasteiger partial charge in [0.2, 0.25) is 0 Å². The van der Waals surface area contributed by atoms with Crippen molar-refractivity contribution in [2.75, 3.05) is 0 Å². The van der Waals surface area contributed by atoms with Crippen molar-refractivity contribution in [2.24, 2.45) is 0 Å². The summed E-state index contributed by atoms with van der Waals surface area (Å²) in [7, 11) is 0. The van der Waals surface area contributed by atoms with Crippen molar-refractivity contribution in [3.8, 4) is 0 Å². The summed E-state index contributed by atoms with van der Waals surface area (Å²) in [4.78, 5) is 0. The topological polar surface area (TPSA) is 20.2 Å². The normalized spacial score (nSPS) is 27.1. The molecule has 0 bridgehead atoms. The molecule has 10 heavy (non-hydrogen) atoms. The maximum Gasteiger partial charge on any atom is 0.0580 e. The first-order valence-corrected chi connectivity index (χ1v) is 3.97. The first-order chi connectivity index (χ1) is 4.89. The number of aliphatic hydroxyl groups is 1. The van der Waals surface area contributed by atoms with Crippen LogP contribution >= 0.6 is 0 Å². The van der Waals surface area contributed by atoms with Gasteiger partial charge in [0.15, 0.2) is 0 Å². The first-order valence-electron chi connectivity index (χ1n) is 3.97. The highest BCUT2D eigenvalue weighted by molar-refractivity contribution is 4.87. The van der Waals surface area contributed by atoms with E-state index in [1.54, 1.807) is 0 Å². The van der Waals surface area contributed by atoms with E-state index in [0.717, 1.165) is 25.7 Å². The van der Waals surface area contributed by atoms with E-state index in [-0.39, 0.29) is 6.10 Å². The van der Waals surface area contributed by atoms with E-state index >= 15 is 0 Å². The van der Waals surface area contributed by atoms with Crippen LogP contribution in [0.4, 0.5) is 0 Å². The van der Waals surface area contributed by atoms with Gasteiger partial charge in [0.1, 0.15) is 0 Å². The molecule has 1 nitrogen and oxygen atoms in total. The van der Waals surface area contributed by atoms with Crippen LogP contribution in [-0.2, 0) is 0 Å². The van der Waals surface area contributed by atoms with Gasteiger partial charge in [-0.2, -0.15) is 0 Å². The third-order valence-electron chi connectivity index (χ3n) is 1.76. The van der Waals surface area contributed by atoms with E-state index in [9.17, 15) is 5.11 Å². The molecule has 1 unspecified atom stereocenters. The summed E-state index contributed by atoms with van der Waals surface area (Å²) in [5.41, 5.74) is 3.05. The minimum atomic E-state index is -0.126. The SMILES string of the molecule is OC1CC=C=CCCCC1. The van der Waals surface area contributed by atoms with Gasteiger partial charge in [0, 0.05) is 0 Å². The lowest BCUT2D eigenvalue weighted by Crippen LogP contribution is -2.03. The molecule has 0 radical (unpaired) electrons. The van der Waals surface area contributed by atoms with Crippen LogP contribution in [0, 0.1) is 0 Å². The molecule has 0 aromatic rings. The summed E-state index contributed by atoms with van der Waals surface area (Å²) in [5, 5.41) is 9.25. The summed E-state index contributed by atoms with van der Waals surface area (Å²) in [5.74, 6) is 0. The van der Waals surface area contributed by atoms with Crippen LogP contribution in [0.2, 0.25) is 0 Å². The van der Waals surface area contributed by atoms with Crippen LogP contribution in [0.3, 0.4) is 0 Å². The predicted octanol–water partition coefficient (Wildman–Crippen LogP) is 2.02. The fourth-order valence-corrected chi connectivity index (χ4v) is 1.11. The molecule has 1 N–H and O–H groups in total. The molecular formula is C9H14O. The zero-order chi connectivity index (χ0) is 7.23. The van der Waals surface area contributed by atoms with Gasteiger partial charge in [-0.25, -0.2) is 0 Å². The Morgan fingerprint density at radius 3 is 3.10 bits per heavy atom. The Hall–Kier alpha value is -0.520. The van der Waals surface area contributed by atoms with E-state index < -0.39 is 0 Å². The maximum atomic E-state index is 9.25. The molecule has 0 heterocycles. The summed E-state index contributed by atoms with van der Waals surface area (Å²) in [6, 6.07) is 0. The van der Waals surface area contributed by atoms with E-state index in [2.05, 4.69) is 11.8 Å². The van der Waals surface area contributed by atoms with Crippen molar-refractivity contribution in [3.05, 3.63) is 17.9 Å². The van der Waals surface area contributed by atoms with Crippen LogP contribution in [-0.4, -0.2) is 11.2 Å². The minimum absolute atomic E-state index is 0.126. The largest absolute Gasteiger partial charge is 0.393 e. The molecule has 1 heteroatoms. The second kappa shape index (κ2) is 4.32. The second-order valence-corrected chi connectivity index (χ2v) is 2.75. The third kappa shape index (κ3) is 2.86. The predicted molar refractivity (Wildman–Crippen MR) is 41.7 cm³/mol. The highest BCUT2D eigenvalue weighted by Gasteiger charge is 2.00. The summed E-state index contributed by atoms with van der Waals surface area (Å²) >= 11 is 0. The van der Waals surface area contributed by atoms with Gasteiger partial charge in [-0.1, -0.05) is 6.42 Å². The van der Waals surface area contributed by atoms with Gasteiger partial charge in [-0.3, -0.25) is 0 Å². The lowest BCUT2D eigenvalue weighted by molar-refractivity contribution is 0.164. The Morgan fingerprint density at radius 2 is 2.20 bits per heavy atom. The molecule has 56 valence electrons. The average molecular weight is 138 g/mol. The van der Waals surface area contributed by atoms with Crippen LogP contribution in [0.15, 0.2) is 17.9 Å². The van der Waals surface area contributed by atoms with Gasteiger partial charge >= 0.3 is 0 Å². The van der Waals surface area contributed by atoms with Crippen molar-refractivity contribution in [2.45, 2.75) is 38.2 Å². The molecule has 1 rings (SSSR count). The lowest BCUT2D eigenvalue weighted by Gasteiger charge is -2.04.